The van der Waals surface area contributed by atoms with Crippen molar-refractivity contribution < 1.29 is 9.53 Å². The van der Waals surface area contributed by atoms with E-state index in [4.69, 9.17) is 4.74 Å². The number of morpholine rings is 1. The Morgan fingerprint density at radius 1 is 1.04 bits per heavy atom. The molecule has 4 rings (SSSR count). The second-order valence-electron chi connectivity index (χ2n) is 7.73. The minimum atomic E-state index is -0.316. The van der Waals surface area contributed by atoms with Crippen LogP contribution in [0.5, 0.6) is 0 Å². The lowest BCUT2D eigenvalue weighted by molar-refractivity contribution is -0.140. The van der Waals surface area contributed by atoms with Crippen molar-refractivity contribution in [3.05, 3.63) is 65.7 Å². The summed E-state index contributed by atoms with van der Waals surface area (Å²) in [6.45, 7) is 4.12. The van der Waals surface area contributed by atoms with Crippen molar-refractivity contribution >= 4 is 11.6 Å². The van der Waals surface area contributed by atoms with Crippen LogP contribution >= 0.6 is 0 Å². The monoisotopic (exact) mass is 364 g/mol. The Morgan fingerprint density at radius 3 is 2.30 bits per heavy atom. The number of hydrogen-bond acceptors (Lipinski definition) is 3. The molecule has 2 aromatic carbocycles. The van der Waals surface area contributed by atoms with E-state index < -0.39 is 0 Å². The van der Waals surface area contributed by atoms with Gasteiger partial charge in [-0.15, -0.1) is 0 Å². The normalized spacial score (nSPS) is 18.6. The molecule has 2 aromatic rings. The van der Waals surface area contributed by atoms with Crippen LogP contribution in [-0.4, -0.2) is 44.2 Å². The molecule has 0 spiro atoms. The van der Waals surface area contributed by atoms with Crippen LogP contribution in [0.25, 0.3) is 0 Å². The molecule has 0 atom stereocenters. The molecule has 4 nitrogen and oxygen atoms in total. The number of rotatable bonds is 5. The average Bonchev–Trinajstić information content (AvgIpc) is 2.69. The number of ether oxygens (including phenoxy) is 1. The summed E-state index contributed by atoms with van der Waals surface area (Å²) >= 11 is 0. The minimum Gasteiger partial charge on any atom is -0.378 e. The molecule has 142 valence electrons. The number of carbonyl (C=O) groups excluding carboxylic acids is 1. The highest BCUT2D eigenvalue weighted by Gasteiger charge is 2.46. The Hall–Kier alpha value is -2.33. The van der Waals surface area contributed by atoms with E-state index in [1.165, 1.54) is 11.3 Å². The summed E-state index contributed by atoms with van der Waals surface area (Å²) in [5.41, 5.74) is 3.25. The van der Waals surface area contributed by atoms with Gasteiger partial charge in [0.2, 0.25) is 5.91 Å². The molecule has 1 saturated heterocycles. The Labute approximate surface area is 161 Å². The van der Waals surface area contributed by atoms with E-state index >= 15 is 0 Å². The first-order valence-electron chi connectivity index (χ1n) is 9.92. The van der Waals surface area contributed by atoms with Gasteiger partial charge in [-0.3, -0.25) is 4.79 Å². The molecule has 1 amide bonds. The number of likely N-dealkylation sites (N-methyl/N-ethyl adjacent to an activating group) is 1. The highest BCUT2D eigenvalue weighted by atomic mass is 16.5. The number of benzene rings is 2. The van der Waals surface area contributed by atoms with E-state index in [0.29, 0.717) is 6.54 Å². The van der Waals surface area contributed by atoms with Crippen molar-refractivity contribution in [1.82, 2.24) is 4.90 Å². The van der Waals surface area contributed by atoms with Crippen molar-refractivity contribution in [1.29, 1.82) is 0 Å². The predicted molar refractivity (Wildman–Crippen MR) is 108 cm³/mol. The lowest BCUT2D eigenvalue weighted by atomic mass is 9.63. The van der Waals surface area contributed by atoms with Crippen LogP contribution in [0, 0.1) is 0 Å². The summed E-state index contributed by atoms with van der Waals surface area (Å²) in [4.78, 5) is 17.5. The predicted octanol–water partition coefficient (Wildman–Crippen LogP) is 3.60. The van der Waals surface area contributed by atoms with Crippen molar-refractivity contribution in [3.63, 3.8) is 0 Å². The number of anilines is 1. The SMILES string of the molecule is CN(Cc1ccc(N2CCOCC2)cc1)C(=O)C1(c2ccccc2)CCC1. The van der Waals surface area contributed by atoms with Crippen LogP contribution in [0.4, 0.5) is 5.69 Å². The summed E-state index contributed by atoms with van der Waals surface area (Å²) in [5.74, 6) is 0.247. The van der Waals surface area contributed by atoms with Crippen molar-refractivity contribution in [2.24, 2.45) is 0 Å². The standard InChI is InChI=1S/C23H28N2O2/c1-24(22(26)23(12-5-13-23)20-6-3-2-4-7-20)18-19-8-10-21(11-9-19)25-14-16-27-17-15-25/h2-4,6-11H,5,12-18H2,1H3. The molecular formula is C23H28N2O2. The fraction of sp³-hybridized carbons (Fsp3) is 0.435. The maximum atomic E-state index is 13.3. The summed E-state index contributed by atoms with van der Waals surface area (Å²) < 4.78 is 5.42. The van der Waals surface area contributed by atoms with Gasteiger partial charge in [-0.25, -0.2) is 0 Å². The summed E-state index contributed by atoms with van der Waals surface area (Å²) in [6.07, 6.45) is 3.04. The molecule has 0 radical (unpaired) electrons. The van der Waals surface area contributed by atoms with Crippen LogP contribution in [0.15, 0.2) is 54.6 Å². The minimum absolute atomic E-state index is 0.247. The zero-order valence-corrected chi connectivity index (χ0v) is 16.1. The zero-order valence-electron chi connectivity index (χ0n) is 16.1. The molecule has 1 aliphatic carbocycles. The number of nitrogens with zero attached hydrogens (tertiary/aromatic N) is 2. The number of hydrogen-bond donors (Lipinski definition) is 0. The van der Waals surface area contributed by atoms with E-state index in [9.17, 15) is 4.79 Å². The first-order chi connectivity index (χ1) is 13.2. The van der Waals surface area contributed by atoms with Gasteiger partial charge in [-0.1, -0.05) is 48.9 Å². The van der Waals surface area contributed by atoms with Crippen LogP contribution in [0.3, 0.4) is 0 Å². The van der Waals surface area contributed by atoms with E-state index in [-0.39, 0.29) is 11.3 Å². The molecule has 1 aliphatic heterocycles. The summed E-state index contributed by atoms with van der Waals surface area (Å²) in [7, 11) is 1.93. The summed E-state index contributed by atoms with van der Waals surface area (Å²) in [5, 5.41) is 0. The molecule has 1 heterocycles. The molecule has 27 heavy (non-hydrogen) atoms. The second kappa shape index (κ2) is 7.73. The molecule has 0 aromatic heterocycles. The maximum Gasteiger partial charge on any atom is 0.233 e. The van der Waals surface area contributed by atoms with E-state index in [1.54, 1.807) is 0 Å². The van der Waals surface area contributed by atoms with Crippen LogP contribution in [0.1, 0.15) is 30.4 Å². The molecule has 2 aliphatic rings. The molecule has 0 N–H and O–H groups in total. The first-order valence-corrected chi connectivity index (χ1v) is 9.92. The fourth-order valence-corrected chi connectivity index (χ4v) is 4.26. The van der Waals surface area contributed by atoms with Gasteiger partial charge in [0.05, 0.1) is 18.6 Å². The van der Waals surface area contributed by atoms with Gasteiger partial charge in [0.25, 0.3) is 0 Å². The van der Waals surface area contributed by atoms with E-state index in [2.05, 4.69) is 41.3 Å². The zero-order chi connectivity index (χ0) is 18.7. The fourth-order valence-electron chi connectivity index (χ4n) is 4.26. The van der Waals surface area contributed by atoms with Crippen LogP contribution < -0.4 is 4.90 Å². The summed E-state index contributed by atoms with van der Waals surface area (Å²) in [6, 6.07) is 18.9. The van der Waals surface area contributed by atoms with Gasteiger partial charge in [-0.2, -0.15) is 0 Å². The van der Waals surface area contributed by atoms with Gasteiger partial charge in [0.15, 0.2) is 0 Å². The molecule has 0 bridgehead atoms. The highest BCUT2D eigenvalue weighted by Crippen LogP contribution is 2.45. The molecule has 0 unspecified atom stereocenters. The third kappa shape index (κ3) is 3.59. The highest BCUT2D eigenvalue weighted by molar-refractivity contribution is 5.89. The second-order valence-corrected chi connectivity index (χ2v) is 7.73. The molecule has 2 fully saturated rings. The van der Waals surface area contributed by atoms with Gasteiger partial charge >= 0.3 is 0 Å². The average molecular weight is 364 g/mol. The van der Waals surface area contributed by atoms with Crippen LogP contribution in [-0.2, 0) is 21.5 Å². The smallest absolute Gasteiger partial charge is 0.233 e. The Morgan fingerprint density at radius 2 is 1.70 bits per heavy atom. The van der Waals surface area contributed by atoms with Crippen LogP contribution in [0.2, 0.25) is 0 Å². The van der Waals surface area contributed by atoms with Crippen molar-refractivity contribution in [2.75, 3.05) is 38.3 Å². The largest absolute Gasteiger partial charge is 0.378 e. The quantitative estimate of drug-likeness (QED) is 0.813. The number of amides is 1. The van der Waals surface area contributed by atoms with Gasteiger partial charge < -0.3 is 14.5 Å². The molecule has 4 heteroatoms. The van der Waals surface area contributed by atoms with Crippen molar-refractivity contribution in [3.8, 4) is 0 Å². The third-order valence-electron chi connectivity index (χ3n) is 6.02. The van der Waals surface area contributed by atoms with Gasteiger partial charge in [0.1, 0.15) is 0 Å². The third-order valence-corrected chi connectivity index (χ3v) is 6.02. The lowest BCUT2D eigenvalue weighted by Crippen LogP contribution is -2.49. The Kier molecular flexibility index (Phi) is 5.17. The maximum absolute atomic E-state index is 13.3. The Balaban J connectivity index is 1.44. The first kappa shape index (κ1) is 18.1. The van der Waals surface area contributed by atoms with Crippen molar-refractivity contribution in [2.45, 2.75) is 31.2 Å². The molecular weight excluding hydrogens is 336 g/mol. The number of carbonyl (C=O) groups is 1. The van der Waals surface area contributed by atoms with E-state index in [0.717, 1.165) is 51.1 Å². The Bertz CT molecular complexity index is 763. The van der Waals surface area contributed by atoms with E-state index in [1.807, 2.05) is 30.1 Å². The molecule has 1 saturated carbocycles. The van der Waals surface area contributed by atoms with Gasteiger partial charge in [0, 0.05) is 32.4 Å². The van der Waals surface area contributed by atoms with Gasteiger partial charge in [-0.05, 0) is 36.1 Å². The lowest BCUT2D eigenvalue weighted by Gasteiger charge is -2.43. The topological polar surface area (TPSA) is 32.8 Å².